The predicted molar refractivity (Wildman–Crippen MR) is 80.0 cm³/mol. The van der Waals surface area contributed by atoms with E-state index in [-0.39, 0.29) is 23.8 Å². The van der Waals surface area contributed by atoms with Gasteiger partial charge in [0, 0.05) is 18.0 Å². The Morgan fingerprint density at radius 3 is 2.57 bits per heavy atom. The fourth-order valence-electron chi connectivity index (χ4n) is 4.13. The molecule has 0 spiro atoms. The third-order valence-corrected chi connectivity index (χ3v) is 5.26. The second-order valence-electron chi connectivity index (χ2n) is 6.41. The molecule has 2 aliphatic heterocycles. The second kappa shape index (κ2) is 5.43. The Hall–Kier alpha value is -1.39. The van der Waals surface area contributed by atoms with Crippen molar-refractivity contribution in [3.63, 3.8) is 0 Å². The Kier molecular flexibility index (Phi) is 3.76. The van der Waals surface area contributed by atoms with Gasteiger partial charge < -0.3 is 9.84 Å². The van der Waals surface area contributed by atoms with Crippen LogP contribution in [0, 0.1) is 12.8 Å². The van der Waals surface area contributed by atoms with Crippen molar-refractivity contribution in [2.45, 2.75) is 43.9 Å². The SMILES string of the molecule is COC(=O)[C@@H]1C2C(O)C[C@H](C[C@@H]1c1ccc(C)cc1)N2C. The zero-order valence-electron chi connectivity index (χ0n) is 12.8. The molecule has 5 atom stereocenters. The van der Waals surface area contributed by atoms with Crippen molar-refractivity contribution in [3.8, 4) is 0 Å². The lowest BCUT2D eigenvalue weighted by molar-refractivity contribution is -0.151. The van der Waals surface area contributed by atoms with Crippen LogP contribution in [0.25, 0.3) is 0 Å². The van der Waals surface area contributed by atoms with Crippen LogP contribution in [0.15, 0.2) is 24.3 Å². The average molecular weight is 289 g/mol. The smallest absolute Gasteiger partial charge is 0.310 e. The summed E-state index contributed by atoms with van der Waals surface area (Å²) < 4.78 is 5.04. The third-order valence-electron chi connectivity index (χ3n) is 5.26. The van der Waals surface area contributed by atoms with Crippen LogP contribution in [0.2, 0.25) is 0 Å². The van der Waals surface area contributed by atoms with Crippen molar-refractivity contribution in [2.75, 3.05) is 14.2 Å². The molecule has 2 bridgehead atoms. The summed E-state index contributed by atoms with van der Waals surface area (Å²) in [7, 11) is 3.44. The number of benzene rings is 1. The van der Waals surface area contributed by atoms with Crippen molar-refractivity contribution in [2.24, 2.45) is 5.92 Å². The number of piperidine rings is 1. The van der Waals surface area contributed by atoms with Gasteiger partial charge in [-0.05, 0) is 32.4 Å². The minimum absolute atomic E-state index is 0.126. The molecule has 0 aliphatic carbocycles. The summed E-state index contributed by atoms with van der Waals surface area (Å²) in [5.74, 6) is -0.380. The zero-order valence-corrected chi connectivity index (χ0v) is 12.8. The molecule has 0 saturated carbocycles. The highest BCUT2D eigenvalue weighted by Crippen LogP contribution is 2.46. The molecular weight excluding hydrogens is 266 g/mol. The summed E-state index contributed by atoms with van der Waals surface area (Å²) >= 11 is 0. The normalized spacial score (nSPS) is 35.7. The number of esters is 1. The largest absolute Gasteiger partial charge is 0.469 e. The van der Waals surface area contributed by atoms with E-state index in [0.29, 0.717) is 6.04 Å². The van der Waals surface area contributed by atoms with Gasteiger partial charge in [-0.3, -0.25) is 9.69 Å². The van der Waals surface area contributed by atoms with Gasteiger partial charge in [0.1, 0.15) is 0 Å². The maximum Gasteiger partial charge on any atom is 0.310 e. The Labute approximate surface area is 125 Å². The average Bonchev–Trinajstić information content (AvgIpc) is 2.66. The fraction of sp³-hybridized carbons (Fsp3) is 0.588. The molecular formula is C17H23NO3. The van der Waals surface area contributed by atoms with Crippen LogP contribution in [-0.4, -0.2) is 48.3 Å². The van der Waals surface area contributed by atoms with Gasteiger partial charge in [0.25, 0.3) is 0 Å². The number of aryl methyl sites for hydroxylation is 1. The van der Waals surface area contributed by atoms with Crippen LogP contribution in [0.4, 0.5) is 0 Å². The van der Waals surface area contributed by atoms with Gasteiger partial charge in [-0.25, -0.2) is 0 Å². The van der Waals surface area contributed by atoms with E-state index in [1.807, 2.05) is 7.05 Å². The van der Waals surface area contributed by atoms with Crippen LogP contribution >= 0.6 is 0 Å². The van der Waals surface area contributed by atoms with Crippen LogP contribution < -0.4 is 0 Å². The monoisotopic (exact) mass is 289 g/mol. The Morgan fingerprint density at radius 2 is 1.95 bits per heavy atom. The minimum atomic E-state index is -0.445. The molecule has 114 valence electrons. The molecule has 4 nitrogen and oxygen atoms in total. The number of carbonyl (C=O) groups excluding carboxylic acids is 1. The third kappa shape index (κ3) is 2.36. The molecule has 0 amide bonds. The molecule has 4 heteroatoms. The van der Waals surface area contributed by atoms with E-state index in [1.165, 1.54) is 18.2 Å². The first-order chi connectivity index (χ1) is 10.0. The molecule has 0 aromatic heterocycles. The molecule has 1 aromatic rings. The summed E-state index contributed by atoms with van der Waals surface area (Å²) in [4.78, 5) is 14.5. The van der Waals surface area contributed by atoms with E-state index in [4.69, 9.17) is 4.74 Å². The Bertz CT molecular complexity index is 527. The van der Waals surface area contributed by atoms with Gasteiger partial charge >= 0.3 is 5.97 Å². The molecule has 1 N–H and O–H groups in total. The minimum Gasteiger partial charge on any atom is -0.469 e. The van der Waals surface area contributed by atoms with Crippen LogP contribution in [0.5, 0.6) is 0 Å². The number of hydrogen-bond acceptors (Lipinski definition) is 4. The molecule has 2 aliphatic rings. The first kappa shape index (κ1) is 14.5. The van der Waals surface area contributed by atoms with Crippen molar-refractivity contribution >= 4 is 5.97 Å². The number of ether oxygens (including phenoxy) is 1. The summed E-state index contributed by atoms with van der Waals surface area (Å²) in [6.07, 6.45) is 1.20. The van der Waals surface area contributed by atoms with E-state index < -0.39 is 6.10 Å². The lowest BCUT2D eigenvalue weighted by Gasteiger charge is -2.42. The van der Waals surface area contributed by atoms with Crippen LogP contribution in [-0.2, 0) is 9.53 Å². The molecule has 2 fully saturated rings. The standard InChI is InChI=1S/C17H23NO3/c1-10-4-6-11(7-5-10)13-8-12-9-14(19)16(18(12)2)15(13)17(20)21-3/h4-7,12-16,19H,8-9H2,1-3H3/t12-,13+,14?,15-,16?/m0/s1. The number of hydrogen-bond donors (Lipinski definition) is 1. The highest BCUT2D eigenvalue weighted by molar-refractivity contribution is 5.75. The first-order valence-corrected chi connectivity index (χ1v) is 7.57. The predicted octanol–water partition coefficient (Wildman–Crippen LogP) is 1.71. The number of methoxy groups -OCH3 is 1. The summed E-state index contributed by atoms with van der Waals surface area (Å²) in [5, 5.41) is 10.3. The van der Waals surface area contributed by atoms with E-state index >= 15 is 0 Å². The van der Waals surface area contributed by atoms with Gasteiger partial charge in [0.05, 0.1) is 19.1 Å². The topological polar surface area (TPSA) is 49.8 Å². The lowest BCUT2D eigenvalue weighted by atomic mass is 9.76. The van der Waals surface area contributed by atoms with Crippen molar-refractivity contribution in [3.05, 3.63) is 35.4 Å². The maximum atomic E-state index is 12.3. The molecule has 1 aromatic carbocycles. The van der Waals surface area contributed by atoms with E-state index in [1.54, 1.807) is 0 Å². The number of likely N-dealkylation sites (N-methyl/N-ethyl adjacent to an activating group) is 1. The highest BCUT2D eigenvalue weighted by Gasteiger charge is 2.53. The van der Waals surface area contributed by atoms with Crippen molar-refractivity contribution < 1.29 is 14.6 Å². The zero-order chi connectivity index (χ0) is 15.1. The number of rotatable bonds is 2. The molecule has 0 radical (unpaired) electrons. The van der Waals surface area contributed by atoms with Gasteiger partial charge in [-0.1, -0.05) is 29.8 Å². The van der Waals surface area contributed by atoms with E-state index in [0.717, 1.165) is 12.8 Å². The van der Waals surface area contributed by atoms with E-state index in [9.17, 15) is 9.90 Å². The van der Waals surface area contributed by atoms with Crippen LogP contribution in [0.3, 0.4) is 0 Å². The highest BCUT2D eigenvalue weighted by atomic mass is 16.5. The Balaban J connectivity index is 1.98. The van der Waals surface area contributed by atoms with Gasteiger partial charge in [0.2, 0.25) is 0 Å². The first-order valence-electron chi connectivity index (χ1n) is 7.57. The van der Waals surface area contributed by atoms with Gasteiger partial charge in [-0.15, -0.1) is 0 Å². The summed E-state index contributed by atoms with van der Waals surface area (Å²) in [5.41, 5.74) is 2.39. The number of aliphatic hydroxyl groups excluding tert-OH is 1. The van der Waals surface area contributed by atoms with Crippen molar-refractivity contribution in [1.82, 2.24) is 4.90 Å². The lowest BCUT2D eigenvalue weighted by Crippen LogP contribution is -2.51. The maximum absolute atomic E-state index is 12.3. The quantitative estimate of drug-likeness (QED) is 0.842. The number of nitrogens with zero attached hydrogens (tertiary/aromatic N) is 1. The second-order valence-corrected chi connectivity index (χ2v) is 6.41. The number of fused-ring (bicyclic) bond motifs is 2. The van der Waals surface area contributed by atoms with Gasteiger partial charge in [0.15, 0.2) is 0 Å². The molecule has 2 unspecified atom stereocenters. The molecule has 21 heavy (non-hydrogen) atoms. The van der Waals surface area contributed by atoms with Crippen LogP contribution in [0.1, 0.15) is 29.9 Å². The molecule has 2 heterocycles. The summed E-state index contributed by atoms with van der Waals surface area (Å²) in [6.45, 7) is 2.06. The molecule has 2 saturated heterocycles. The number of carbonyl (C=O) groups is 1. The van der Waals surface area contributed by atoms with Gasteiger partial charge in [-0.2, -0.15) is 0 Å². The van der Waals surface area contributed by atoms with E-state index in [2.05, 4.69) is 36.1 Å². The molecule has 3 rings (SSSR count). The number of aliphatic hydroxyl groups is 1. The summed E-state index contributed by atoms with van der Waals surface area (Å²) in [6, 6.07) is 8.58. The fourth-order valence-corrected chi connectivity index (χ4v) is 4.13. The Morgan fingerprint density at radius 1 is 1.29 bits per heavy atom. The van der Waals surface area contributed by atoms with Crippen molar-refractivity contribution in [1.29, 1.82) is 0 Å².